The first-order chi connectivity index (χ1) is 8.60. The smallest absolute Gasteiger partial charge is 0.119 e. The summed E-state index contributed by atoms with van der Waals surface area (Å²) in [5.74, 6) is 0.885. The van der Waals surface area contributed by atoms with Gasteiger partial charge in [0.05, 0.1) is 7.11 Å². The zero-order valence-corrected chi connectivity index (χ0v) is 12.1. The zero-order chi connectivity index (χ0) is 13.1. The van der Waals surface area contributed by atoms with Gasteiger partial charge < -0.3 is 10.1 Å². The van der Waals surface area contributed by atoms with Gasteiger partial charge in [-0.15, -0.1) is 11.3 Å². The monoisotopic (exact) mass is 261 g/mol. The van der Waals surface area contributed by atoms with E-state index >= 15 is 0 Å². The van der Waals surface area contributed by atoms with Crippen LogP contribution in [0.1, 0.15) is 28.3 Å². The van der Waals surface area contributed by atoms with Crippen LogP contribution < -0.4 is 10.1 Å². The van der Waals surface area contributed by atoms with Crippen molar-refractivity contribution >= 4 is 17.0 Å². The minimum Gasteiger partial charge on any atom is -0.497 e. The molecule has 18 heavy (non-hydrogen) atoms. The van der Waals surface area contributed by atoms with Crippen molar-refractivity contribution in [3.63, 3.8) is 0 Å². The minimum atomic E-state index is 0.323. The van der Waals surface area contributed by atoms with Crippen LogP contribution in [0.4, 0.5) is 5.69 Å². The molecule has 1 heterocycles. The highest BCUT2D eigenvalue weighted by Crippen LogP contribution is 2.28. The van der Waals surface area contributed by atoms with Crippen LogP contribution in [0.3, 0.4) is 0 Å². The Bertz CT molecular complexity index is 516. The van der Waals surface area contributed by atoms with Gasteiger partial charge in [-0.1, -0.05) is 0 Å². The molecule has 0 saturated carbocycles. The lowest BCUT2D eigenvalue weighted by Gasteiger charge is -2.15. The molecule has 96 valence electrons. The molecule has 0 aliphatic carbocycles. The van der Waals surface area contributed by atoms with Crippen LogP contribution in [0, 0.1) is 13.8 Å². The summed E-state index contributed by atoms with van der Waals surface area (Å²) in [7, 11) is 1.68. The standard InChI is InChI=1S/C15H19NOS/c1-10-9-15(12(3)18-10)11(2)16-13-5-7-14(17-4)8-6-13/h5-9,11,16H,1-4H3. The van der Waals surface area contributed by atoms with Gasteiger partial charge >= 0.3 is 0 Å². The number of anilines is 1. The highest BCUT2D eigenvalue weighted by molar-refractivity contribution is 7.12. The normalized spacial score (nSPS) is 12.2. The maximum absolute atomic E-state index is 5.16. The predicted molar refractivity (Wildman–Crippen MR) is 78.8 cm³/mol. The number of benzene rings is 1. The average molecular weight is 261 g/mol. The highest BCUT2D eigenvalue weighted by Gasteiger charge is 2.10. The Hall–Kier alpha value is -1.48. The summed E-state index contributed by atoms with van der Waals surface area (Å²) in [5.41, 5.74) is 2.50. The van der Waals surface area contributed by atoms with E-state index in [0.717, 1.165) is 11.4 Å². The van der Waals surface area contributed by atoms with Crippen molar-refractivity contribution in [3.8, 4) is 5.75 Å². The Morgan fingerprint density at radius 2 is 1.83 bits per heavy atom. The second-order valence-electron chi connectivity index (χ2n) is 4.46. The predicted octanol–water partition coefficient (Wildman–Crippen LogP) is 4.55. The van der Waals surface area contributed by atoms with Crippen molar-refractivity contribution < 1.29 is 4.74 Å². The topological polar surface area (TPSA) is 21.3 Å². The quantitative estimate of drug-likeness (QED) is 0.872. The van der Waals surface area contributed by atoms with Crippen molar-refractivity contribution in [2.45, 2.75) is 26.8 Å². The fraction of sp³-hybridized carbons (Fsp3) is 0.333. The molecule has 2 rings (SSSR count). The molecule has 2 nitrogen and oxygen atoms in total. The van der Waals surface area contributed by atoms with E-state index < -0.39 is 0 Å². The SMILES string of the molecule is COc1ccc(NC(C)c2cc(C)sc2C)cc1. The van der Waals surface area contributed by atoms with Gasteiger partial charge in [0.25, 0.3) is 0 Å². The van der Waals surface area contributed by atoms with Crippen LogP contribution in [0.5, 0.6) is 5.75 Å². The molecule has 2 aromatic rings. The van der Waals surface area contributed by atoms with Crippen LogP contribution in [-0.2, 0) is 0 Å². The lowest BCUT2D eigenvalue weighted by molar-refractivity contribution is 0.415. The molecule has 1 aromatic heterocycles. The third-order valence-electron chi connectivity index (χ3n) is 3.02. The third kappa shape index (κ3) is 2.85. The Morgan fingerprint density at radius 3 is 2.33 bits per heavy atom. The first-order valence-electron chi connectivity index (χ1n) is 6.07. The molecule has 3 heteroatoms. The van der Waals surface area contributed by atoms with Crippen molar-refractivity contribution in [1.29, 1.82) is 0 Å². The first-order valence-corrected chi connectivity index (χ1v) is 6.89. The van der Waals surface area contributed by atoms with E-state index in [4.69, 9.17) is 4.74 Å². The van der Waals surface area contributed by atoms with Crippen LogP contribution in [-0.4, -0.2) is 7.11 Å². The number of ether oxygens (including phenoxy) is 1. The number of nitrogens with one attached hydrogen (secondary N) is 1. The number of rotatable bonds is 4. The molecular weight excluding hydrogens is 242 g/mol. The lowest BCUT2D eigenvalue weighted by Crippen LogP contribution is -2.06. The first kappa shape index (κ1) is 13.0. The number of methoxy groups -OCH3 is 1. The van der Waals surface area contributed by atoms with Crippen LogP contribution >= 0.6 is 11.3 Å². The van der Waals surface area contributed by atoms with Crippen molar-refractivity contribution in [3.05, 3.63) is 45.6 Å². The van der Waals surface area contributed by atoms with E-state index in [1.807, 2.05) is 35.6 Å². The van der Waals surface area contributed by atoms with Gasteiger partial charge in [-0.3, -0.25) is 0 Å². The maximum atomic E-state index is 5.16. The van der Waals surface area contributed by atoms with E-state index in [1.165, 1.54) is 15.3 Å². The Kier molecular flexibility index (Phi) is 3.92. The molecule has 0 aliphatic rings. The molecule has 1 N–H and O–H groups in total. The molecule has 0 radical (unpaired) electrons. The summed E-state index contributed by atoms with van der Waals surface area (Å²) in [6.45, 7) is 6.53. The third-order valence-corrected chi connectivity index (χ3v) is 4.00. The summed E-state index contributed by atoms with van der Waals surface area (Å²) in [4.78, 5) is 2.76. The lowest BCUT2D eigenvalue weighted by atomic mass is 10.1. The number of hydrogen-bond acceptors (Lipinski definition) is 3. The highest BCUT2D eigenvalue weighted by atomic mass is 32.1. The van der Waals surface area contributed by atoms with Crippen LogP contribution in [0.15, 0.2) is 30.3 Å². The molecule has 1 aromatic carbocycles. The molecular formula is C15H19NOS. The number of aryl methyl sites for hydroxylation is 2. The number of thiophene rings is 1. The largest absolute Gasteiger partial charge is 0.497 e. The summed E-state index contributed by atoms with van der Waals surface area (Å²) in [6, 6.07) is 10.6. The molecule has 0 bridgehead atoms. The van der Waals surface area contributed by atoms with Crippen molar-refractivity contribution in [2.75, 3.05) is 12.4 Å². The average Bonchev–Trinajstić information content (AvgIpc) is 2.69. The van der Waals surface area contributed by atoms with Crippen LogP contribution in [0.25, 0.3) is 0 Å². The van der Waals surface area contributed by atoms with E-state index in [0.29, 0.717) is 6.04 Å². The molecule has 0 aliphatic heterocycles. The number of hydrogen-bond donors (Lipinski definition) is 1. The Balaban J connectivity index is 2.10. The maximum Gasteiger partial charge on any atom is 0.119 e. The van der Waals surface area contributed by atoms with Gasteiger partial charge in [-0.2, -0.15) is 0 Å². The molecule has 1 unspecified atom stereocenters. The Labute approximate surface area is 113 Å². The summed E-state index contributed by atoms with van der Waals surface area (Å²) in [5, 5.41) is 3.51. The molecule has 0 fully saturated rings. The zero-order valence-electron chi connectivity index (χ0n) is 11.3. The summed E-state index contributed by atoms with van der Waals surface area (Å²) < 4.78 is 5.16. The van der Waals surface area contributed by atoms with Gasteiger partial charge in [0.2, 0.25) is 0 Å². The second kappa shape index (κ2) is 5.44. The Morgan fingerprint density at radius 1 is 1.17 bits per heavy atom. The molecule has 0 spiro atoms. The summed E-state index contributed by atoms with van der Waals surface area (Å²) >= 11 is 1.85. The van der Waals surface area contributed by atoms with E-state index in [-0.39, 0.29) is 0 Å². The molecule has 0 amide bonds. The van der Waals surface area contributed by atoms with Crippen molar-refractivity contribution in [2.24, 2.45) is 0 Å². The van der Waals surface area contributed by atoms with E-state index in [2.05, 4.69) is 32.2 Å². The molecule has 1 atom stereocenters. The van der Waals surface area contributed by atoms with E-state index in [1.54, 1.807) is 7.11 Å². The van der Waals surface area contributed by atoms with Gasteiger partial charge in [-0.25, -0.2) is 0 Å². The van der Waals surface area contributed by atoms with Gasteiger partial charge in [0.15, 0.2) is 0 Å². The van der Waals surface area contributed by atoms with Gasteiger partial charge in [0, 0.05) is 21.5 Å². The van der Waals surface area contributed by atoms with E-state index in [9.17, 15) is 0 Å². The summed E-state index contributed by atoms with van der Waals surface area (Å²) in [6.07, 6.45) is 0. The fourth-order valence-electron chi connectivity index (χ4n) is 2.10. The molecule has 0 saturated heterocycles. The van der Waals surface area contributed by atoms with Crippen LogP contribution in [0.2, 0.25) is 0 Å². The van der Waals surface area contributed by atoms with Gasteiger partial charge in [-0.05, 0) is 56.7 Å². The minimum absolute atomic E-state index is 0.323. The van der Waals surface area contributed by atoms with Crippen molar-refractivity contribution in [1.82, 2.24) is 0 Å². The fourth-order valence-corrected chi connectivity index (χ4v) is 3.12. The van der Waals surface area contributed by atoms with Gasteiger partial charge in [0.1, 0.15) is 5.75 Å². The second-order valence-corrected chi connectivity index (χ2v) is 5.92.